The summed E-state index contributed by atoms with van der Waals surface area (Å²) in [6, 6.07) is 0. The minimum absolute atomic E-state index is 0.747. The molecule has 0 aromatic carbocycles. The van der Waals surface area contributed by atoms with Crippen LogP contribution >= 0.6 is 0 Å². The van der Waals surface area contributed by atoms with Gasteiger partial charge in [0.05, 0.1) is 0 Å². The first-order valence-corrected chi connectivity index (χ1v) is 7.08. The molecular weight excluding hydrogens is 180 g/mol. The zero-order chi connectivity index (χ0) is 11.5. The van der Waals surface area contributed by atoms with Gasteiger partial charge in [-0.1, -0.05) is 60.3 Å². The molecule has 3 unspecified atom stereocenters. The van der Waals surface area contributed by atoms with Gasteiger partial charge in [-0.25, -0.2) is 0 Å². The average Bonchev–Trinajstić information content (AvgIpc) is 2.70. The maximum atomic E-state index is 2.46. The molecule has 0 N–H and O–H groups in total. The molecule has 0 heteroatoms. The Labute approximate surface area is 96.8 Å². The van der Waals surface area contributed by atoms with Gasteiger partial charge in [-0.05, 0) is 36.0 Å². The highest BCUT2D eigenvalue weighted by molar-refractivity contribution is 5.05. The molecule has 1 fully saturated rings. The van der Waals surface area contributed by atoms with Crippen LogP contribution in [-0.2, 0) is 0 Å². The van der Waals surface area contributed by atoms with Gasteiger partial charge in [-0.3, -0.25) is 0 Å². The van der Waals surface area contributed by atoms with E-state index >= 15 is 0 Å². The summed E-state index contributed by atoms with van der Waals surface area (Å²) in [5, 5.41) is 0. The average molecular weight is 210 g/mol. The molecule has 3 atom stereocenters. The second-order valence-electron chi connectivity index (χ2n) is 5.99. The standard InChI is InChI=1S/C15H30/c1-6-8-12(3)9-11-15(10-7-2)13(4)14(15)5/h12-14H,6-11H2,1-5H3. The first kappa shape index (κ1) is 13.1. The summed E-state index contributed by atoms with van der Waals surface area (Å²) in [6.07, 6.45) is 8.57. The molecule has 0 heterocycles. The molecule has 0 aromatic rings. The van der Waals surface area contributed by atoms with Crippen molar-refractivity contribution in [2.75, 3.05) is 0 Å². The van der Waals surface area contributed by atoms with Crippen LogP contribution in [0.4, 0.5) is 0 Å². The Morgan fingerprint density at radius 3 is 1.93 bits per heavy atom. The Balaban J connectivity index is 2.35. The Kier molecular flexibility index (Phi) is 4.67. The SMILES string of the molecule is CCCC(C)CCC1(CCC)C(C)C1C. The lowest BCUT2D eigenvalue weighted by atomic mass is 9.86. The molecule has 0 aromatic heterocycles. The van der Waals surface area contributed by atoms with E-state index in [1.54, 1.807) is 0 Å². The third-order valence-electron chi connectivity index (χ3n) is 5.05. The molecule has 0 bridgehead atoms. The van der Waals surface area contributed by atoms with Crippen molar-refractivity contribution in [3.8, 4) is 0 Å². The molecule has 15 heavy (non-hydrogen) atoms. The van der Waals surface area contributed by atoms with E-state index in [1.807, 2.05) is 0 Å². The summed E-state index contributed by atoms with van der Waals surface area (Å²) in [6.45, 7) is 12.0. The van der Waals surface area contributed by atoms with Crippen LogP contribution in [0.15, 0.2) is 0 Å². The molecule has 1 rings (SSSR count). The normalized spacial score (nSPS) is 36.6. The van der Waals surface area contributed by atoms with Gasteiger partial charge in [0.1, 0.15) is 0 Å². The van der Waals surface area contributed by atoms with Gasteiger partial charge in [0, 0.05) is 0 Å². The van der Waals surface area contributed by atoms with Gasteiger partial charge in [0.15, 0.2) is 0 Å². The molecular formula is C15H30. The van der Waals surface area contributed by atoms with Gasteiger partial charge in [0.25, 0.3) is 0 Å². The predicted octanol–water partition coefficient (Wildman–Crippen LogP) is 5.28. The summed E-state index contributed by atoms with van der Waals surface area (Å²) in [7, 11) is 0. The van der Waals surface area contributed by atoms with Crippen molar-refractivity contribution >= 4 is 0 Å². The minimum atomic E-state index is 0.747. The fourth-order valence-electron chi connectivity index (χ4n) is 3.60. The number of hydrogen-bond donors (Lipinski definition) is 0. The first-order valence-electron chi connectivity index (χ1n) is 7.08. The van der Waals surface area contributed by atoms with E-state index in [-0.39, 0.29) is 0 Å². The molecule has 0 aliphatic heterocycles. The summed E-state index contributed by atoms with van der Waals surface area (Å²) < 4.78 is 0. The molecule has 1 aliphatic carbocycles. The van der Waals surface area contributed by atoms with Crippen LogP contribution in [0, 0.1) is 23.2 Å². The highest BCUT2D eigenvalue weighted by Crippen LogP contribution is 2.64. The van der Waals surface area contributed by atoms with Crippen LogP contribution in [0.3, 0.4) is 0 Å². The van der Waals surface area contributed by atoms with Gasteiger partial charge in [-0.15, -0.1) is 0 Å². The molecule has 0 radical (unpaired) electrons. The first-order chi connectivity index (χ1) is 7.08. The molecule has 90 valence electrons. The van der Waals surface area contributed by atoms with Crippen LogP contribution in [0.1, 0.15) is 73.1 Å². The molecule has 0 amide bonds. The van der Waals surface area contributed by atoms with Crippen molar-refractivity contribution in [2.45, 2.75) is 73.1 Å². The summed E-state index contributed by atoms with van der Waals surface area (Å²) in [5.74, 6) is 2.93. The predicted molar refractivity (Wildman–Crippen MR) is 69.0 cm³/mol. The summed E-state index contributed by atoms with van der Waals surface area (Å²) in [5.41, 5.74) is 0.747. The highest BCUT2D eigenvalue weighted by Gasteiger charge is 2.56. The van der Waals surface area contributed by atoms with Crippen LogP contribution in [0.5, 0.6) is 0 Å². The lowest BCUT2D eigenvalue weighted by Gasteiger charge is -2.19. The number of hydrogen-bond acceptors (Lipinski definition) is 0. The molecule has 0 nitrogen and oxygen atoms in total. The lowest BCUT2D eigenvalue weighted by Crippen LogP contribution is -2.07. The van der Waals surface area contributed by atoms with E-state index in [1.165, 1.54) is 38.5 Å². The largest absolute Gasteiger partial charge is 0.0654 e. The van der Waals surface area contributed by atoms with Gasteiger partial charge in [-0.2, -0.15) is 0 Å². The molecule has 1 saturated carbocycles. The Bertz CT molecular complexity index is 174. The van der Waals surface area contributed by atoms with E-state index in [4.69, 9.17) is 0 Å². The van der Waals surface area contributed by atoms with E-state index in [0.29, 0.717) is 0 Å². The van der Waals surface area contributed by atoms with Gasteiger partial charge < -0.3 is 0 Å². The van der Waals surface area contributed by atoms with Crippen molar-refractivity contribution in [3.63, 3.8) is 0 Å². The third kappa shape index (κ3) is 2.77. The maximum absolute atomic E-state index is 2.46. The Morgan fingerprint density at radius 1 is 0.933 bits per heavy atom. The van der Waals surface area contributed by atoms with Crippen LogP contribution < -0.4 is 0 Å². The zero-order valence-electron chi connectivity index (χ0n) is 11.5. The summed E-state index contributed by atoms with van der Waals surface area (Å²) in [4.78, 5) is 0. The topological polar surface area (TPSA) is 0 Å². The van der Waals surface area contributed by atoms with Crippen LogP contribution in [0.2, 0.25) is 0 Å². The Morgan fingerprint density at radius 2 is 1.53 bits per heavy atom. The fourth-order valence-corrected chi connectivity index (χ4v) is 3.60. The van der Waals surface area contributed by atoms with E-state index in [9.17, 15) is 0 Å². The Hall–Kier alpha value is 0. The quantitative estimate of drug-likeness (QED) is 0.536. The molecule has 0 saturated heterocycles. The van der Waals surface area contributed by atoms with Crippen LogP contribution in [0.25, 0.3) is 0 Å². The van der Waals surface area contributed by atoms with Crippen molar-refractivity contribution in [1.29, 1.82) is 0 Å². The number of rotatable bonds is 7. The minimum Gasteiger partial charge on any atom is -0.0654 e. The second kappa shape index (κ2) is 5.37. The van der Waals surface area contributed by atoms with Gasteiger partial charge in [0.2, 0.25) is 0 Å². The summed E-state index contributed by atoms with van der Waals surface area (Å²) >= 11 is 0. The van der Waals surface area contributed by atoms with Gasteiger partial charge >= 0.3 is 0 Å². The van der Waals surface area contributed by atoms with E-state index < -0.39 is 0 Å². The maximum Gasteiger partial charge on any atom is -0.0241 e. The smallest absolute Gasteiger partial charge is 0.0241 e. The third-order valence-corrected chi connectivity index (χ3v) is 5.05. The van der Waals surface area contributed by atoms with Crippen molar-refractivity contribution in [3.05, 3.63) is 0 Å². The lowest BCUT2D eigenvalue weighted by molar-refractivity contribution is 0.321. The highest BCUT2D eigenvalue weighted by atomic mass is 14.6. The van der Waals surface area contributed by atoms with E-state index in [0.717, 1.165) is 23.2 Å². The second-order valence-corrected chi connectivity index (χ2v) is 5.99. The zero-order valence-corrected chi connectivity index (χ0v) is 11.5. The van der Waals surface area contributed by atoms with E-state index in [2.05, 4.69) is 34.6 Å². The van der Waals surface area contributed by atoms with Crippen molar-refractivity contribution in [2.24, 2.45) is 23.2 Å². The molecule has 0 spiro atoms. The van der Waals surface area contributed by atoms with Crippen molar-refractivity contribution < 1.29 is 0 Å². The monoisotopic (exact) mass is 210 g/mol. The fraction of sp³-hybridized carbons (Fsp3) is 1.00. The molecule has 1 aliphatic rings. The van der Waals surface area contributed by atoms with Crippen LogP contribution in [-0.4, -0.2) is 0 Å². The van der Waals surface area contributed by atoms with Crippen molar-refractivity contribution in [1.82, 2.24) is 0 Å².